The summed E-state index contributed by atoms with van der Waals surface area (Å²) in [5.41, 5.74) is 2.02. The van der Waals surface area contributed by atoms with Gasteiger partial charge in [-0.1, -0.05) is 12.1 Å². The largest absolute Gasteiger partial charge is 0.496 e. The molecule has 1 amide bonds. The van der Waals surface area contributed by atoms with E-state index in [1.165, 1.54) is 0 Å². The van der Waals surface area contributed by atoms with Crippen molar-refractivity contribution in [2.75, 3.05) is 14.2 Å². The summed E-state index contributed by atoms with van der Waals surface area (Å²) in [6.07, 6.45) is 7.05. The quantitative estimate of drug-likeness (QED) is 0.789. The first-order chi connectivity index (χ1) is 13.6. The molecule has 3 rings (SSSR count). The second-order valence-corrected chi connectivity index (χ2v) is 7.01. The van der Waals surface area contributed by atoms with E-state index in [1.54, 1.807) is 26.6 Å². The molecule has 0 unspecified atom stereocenters. The van der Waals surface area contributed by atoms with Crippen molar-refractivity contribution >= 4 is 5.91 Å². The first-order valence-electron chi connectivity index (χ1n) is 9.53. The number of amides is 1. The average molecular weight is 385 g/mol. The molecule has 7 nitrogen and oxygen atoms in total. The van der Waals surface area contributed by atoms with Crippen molar-refractivity contribution in [2.45, 2.75) is 51.2 Å². The summed E-state index contributed by atoms with van der Waals surface area (Å²) in [6, 6.07) is 6.01. The van der Waals surface area contributed by atoms with E-state index in [4.69, 9.17) is 14.2 Å². The summed E-state index contributed by atoms with van der Waals surface area (Å²) >= 11 is 0. The summed E-state index contributed by atoms with van der Waals surface area (Å²) in [7, 11) is 3.20. The highest BCUT2D eigenvalue weighted by Crippen LogP contribution is 2.27. The summed E-state index contributed by atoms with van der Waals surface area (Å²) in [5.74, 6) is 1.70. The van der Waals surface area contributed by atoms with Crippen molar-refractivity contribution in [2.24, 2.45) is 0 Å². The highest BCUT2D eigenvalue weighted by atomic mass is 16.5. The van der Waals surface area contributed by atoms with Crippen LogP contribution in [-0.2, 0) is 11.2 Å². The van der Waals surface area contributed by atoms with Crippen LogP contribution in [0.2, 0.25) is 0 Å². The zero-order chi connectivity index (χ0) is 19.9. The third-order valence-corrected chi connectivity index (χ3v) is 4.97. The van der Waals surface area contributed by atoms with Gasteiger partial charge < -0.3 is 19.5 Å². The molecule has 0 radical (unpaired) electrons. The molecule has 1 aliphatic rings. The number of hydrogen-bond donors (Lipinski definition) is 1. The number of ether oxygens (including phenoxy) is 3. The number of nitrogens with zero attached hydrogens (tertiary/aromatic N) is 2. The fraction of sp³-hybridized carbons (Fsp3) is 0.476. The molecule has 1 heterocycles. The predicted molar refractivity (Wildman–Crippen MR) is 105 cm³/mol. The molecule has 28 heavy (non-hydrogen) atoms. The van der Waals surface area contributed by atoms with Crippen LogP contribution in [0.15, 0.2) is 30.6 Å². The van der Waals surface area contributed by atoms with Gasteiger partial charge in [-0.05, 0) is 49.8 Å². The van der Waals surface area contributed by atoms with E-state index in [-0.39, 0.29) is 18.1 Å². The molecule has 1 aromatic carbocycles. The fourth-order valence-corrected chi connectivity index (χ4v) is 3.53. The Hall–Kier alpha value is -2.83. The monoisotopic (exact) mass is 385 g/mol. The zero-order valence-corrected chi connectivity index (χ0v) is 16.6. The van der Waals surface area contributed by atoms with E-state index in [2.05, 4.69) is 15.3 Å². The Labute approximate surface area is 165 Å². The first kappa shape index (κ1) is 19.9. The number of carbonyl (C=O) groups is 1. The number of methoxy groups -OCH3 is 2. The van der Waals surface area contributed by atoms with Crippen LogP contribution in [0.1, 0.15) is 36.8 Å². The molecule has 150 valence electrons. The van der Waals surface area contributed by atoms with Crippen molar-refractivity contribution in [3.63, 3.8) is 0 Å². The number of aromatic nitrogens is 2. The minimum atomic E-state index is 0.0459. The Balaban J connectivity index is 1.46. The lowest BCUT2D eigenvalue weighted by Gasteiger charge is -2.29. The SMILES string of the molecule is COc1ccc(CC(=O)NC2CCC(Oc3nccnc3OC)CC2)cc1C. The van der Waals surface area contributed by atoms with Crippen molar-refractivity contribution in [1.82, 2.24) is 15.3 Å². The standard InChI is InChI=1S/C21H27N3O4/c1-14-12-15(4-9-18(14)26-2)13-19(25)24-16-5-7-17(8-6-16)28-21-20(27-3)22-10-11-23-21/h4,9-12,16-17H,5-8,13H2,1-3H3,(H,24,25). The molecule has 0 spiro atoms. The molecule has 1 aliphatic carbocycles. The van der Waals surface area contributed by atoms with Crippen LogP contribution in [0.4, 0.5) is 0 Å². The minimum absolute atomic E-state index is 0.0459. The Kier molecular flexibility index (Phi) is 6.68. The molecule has 0 bridgehead atoms. The van der Waals surface area contributed by atoms with Crippen molar-refractivity contribution < 1.29 is 19.0 Å². The fourth-order valence-electron chi connectivity index (χ4n) is 3.53. The lowest BCUT2D eigenvalue weighted by molar-refractivity contribution is -0.121. The molecule has 1 fully saturated rings. The van der Waals surface area contributed by atoms with Crippen molar-refractivity contribution in [3.05, 3.63) is 41.7 Å². The van der Waals surface area contributed by atoms with Crippen LogP contribution in [-0.4, -0.2) is 42.2 Å². The van der Waals surface area contributed by atoms with Gasteiger partial charge in [0.15, 0.2) is 0 Å². The summed E-state index contributed by atoms with van der Waals surface area (Å²) in [6.45, 7) is 1.98. The molecular formula is C21H27N3O4. The summed E-state index contributed by atoms with van der Waals surface area (Å²) < 4.78 is 16.4. The van der Waals surface area contributed by atoms with Crippen LogP contribution in [0.3, 0.4) is 0 Å². The zero-order valence-electron chi connectivity index (χ0n) is 16.6. The minimum Gasteiger partial charge on any atom is -0.496 e. The maximum atomic E-state index is 12.4. The van der Waals surface area contributed by atoms with Gasteiger partial charge in [0.1, 0.15) is 11.9 Å². The maximum Gasteiger partial charge on any atom is 0.278 e. The van der Waals surface area contributed by atoms with Crippen LogP contribution < -0.4 is 19.5 Å². The lowest BCUT2D eigenvalue weighted by Crippen LogP contribution is -2.40. The van der Waals surface area contributed by atoms with Crippen molar-refractivity contribution in [3.8, 4) is 17.5 Å². The number of hydrogen-bond acceptors (Lipinski definition) is 6. The van der Waals surface area contributed by atoms with E-state index >= 15 is 0 Å². The van der Waals surface area contributed by atoms with E-state index in [9.17, 15) is 4.79 Å². The van der Waals surface area contributed by atoms with Gasteiger partial charge in [0.25, 0.3) is 11.8 Å². The van der Waals surface area contributed by atoms with Crippen LogP contribution in [0, 0.1) is 6.92 Å². The van der Waals surface area contributed by atoms with Crippen LogP contribution in [0.5, 0.6) is 17.5 Å². The Morgan fingerprint density at radius 1 is 1.07 bits per heavy atom. The molecule has 1 N–H and O–H groups in total. The number of carbonyl (C=O) groups excluding carboxylic acids is 1. The normalized spacial score (nSPS) is 19.0. The Morgan fingerprint density at radius 3 is 2.43 bits per heavy atom. The van der Waals surface area contributed by atoms with Crippen LogP contribution >= 0.6 is 0 Å². The molecule has 1 aromatic heterocycles. The van der Waals surface area contributed by atoms with Gasteiger partial charge in [0.2, 0.25) is 5.91 Å². The second kappa shape index (κ2) is 9.39. The van der Waals surface area contributed by atoms with E-state index < -0.39 is 0 Å². The Bertz CT molecular complexity index is 804. The van der Waals surface area contributed by atoms with Gasteiger partial charge in [-0.3, -0.25) is 4.79 Å². The van der Waals surface area contributed by atoms with Crippen LogP contribution in [0.25, 0.3) is 0 Å². The third kappa shape index (κ3) is 5.12. The summed E-state index contributed by atoms with van der Waals surface area (Å²) in [5, 5.41) is 3.14. The number of benzene rings is 1. The maximum absolute atomic E-state index is 12.4. The Morgan fingerprint density at radius 2 is 1.79 bits per heavy atom. The first-order valence-corrected chi connectivity index (χ1v) is 9.53. The second-order valence-electron chi connectivity index (χ2n) is 7.01. The highest BCUT2D eigenvalue weighted by Gasteiger charge is 2.25. The smallest absolute Gasteiger partial charge is 0.278 e. The topological polar surface area (TPSA) is 82.6 Å². The molecule has 0 aliphatic heterocycles. The van der Waals surface area contributed by atoms with Gasteiger partial charge in [-0.2, -0.15) is 0 Å². The highest BCUT2D eigenvalue weighted by molar-refractivity contribution is 5.79. The van der Waals surface area contributed by atoms with Gasteiger partial charge in [-0.15, -0.1) is 0 Å². The molecule has 1 saturated carbocycles. The molecular weight excluding hydrogens is 358 g/mol. The predicted octanol–water partition coefficient (Wildman–Crippen LogP) is 2.85. The lowest BCUT2D eigenvalue weighted by atomic mass is 9.92. The number of rotatable bonds is 7. The molecule has 0 atom stereocenters. The van der Waals surface area contributed by atoms with E-state index in [0.717, 1.165) is 42.6 Å². The van der Waals surface area contributed by atoms with Gasteiger partial charge >= 0.3 is 0 Å². The summed E-state index contributed by atoms with van der Waals surface area (Å²) in [4.78, 5) is 20.7. The number of aryl methyl sites for hydroxylation is 1. The third-order valence-electron chi connectivity index (χ3n) is 4.97. The van der Waals surface area contributed by atoms with Gasteiger partial charge in [-0.25, -0.2) is 9.97 Å². The van der Waals surface area contributed by atoms with E-state index in [1.807, 2.05) is 25.1 Å². The molecule has 0 saturated heterocycles. The van der Waals surface area contributed by atoms with Gasteiger partial charge in [0, 0.05) is 18.4 Å². The van der Waals surface area contributed by atoms with E-state index in [0.29, 0.717) is 18.2 Å². The molecule has 7 heteroatoms. The van der Waals surface area contributed by atoms with Gasteiger partial charge in [0.05, 0.1) is 20.6 Å². The average Bonchev–Trinajstić information content (AvgIpc) is 2.70. The molecule has 2 aromatic rings. The number of nitrogens with one attached hydrogen (secondary N) is 1. The van der Waals surface area contributed by atoms with Crippen molar-refractivity contribution in [1.29, 1.82) is 0 Å².